The van der Waals surface area contributed by atoms with Gasteiger partial charge in [0.1, 0.15) is 6.33 Å². The van der Waals surface area contributed by atoms with Gasteiger partial charge in [-0.05, 0) is 12.8 Å². The van der Waals surface area contributed by atoms with Crippen LogP contribution in [0.15, 0.2) is 18.7 Å². The maximum atomic E-state index is 12.0. The van der Waals surface area contributed by atoms with Gasteiger partial charge in [0.15, 0.2) is 0 Å². The molecule has 2 rings (SSSR count). The molecule has 1 aromatic heterocycles. The summed E-state index contributed by atoms with van der Waals surface area (Å²) in [6, 6.07) is 0. The first-order valence-corrected chi connectivity index (χ1v) is 7.19. The molecule has 0 aliphatic carbocycles. The zero-order chi connectivity index (χ0) is 13.9. The highest BCUT2D eigenvalue weighted by atomic mass is 32.2. The third kappa shape index (κ3) is 3.38. The molecule has 0 bridgehead atoms. The lowest BCUT2D eigenvalue weighted by Crippen LogP contribution is -2.42. The highest BCUT2D eigenvalue weighted by molar-refractivity contribution is 7.90. The van der Waals surface area contributed by atoms with E-state index in [1.54, 1.807) is 0 Å². The van der Waals surface area contributed by atoms with Crippen LogP contribution in [0.5, 0.6) is 0 Å². The van der Waals surface area contributed by atoms with E-state index in [0.29, 0.717) is 12.8 Å². The second-order valence-corrected chi connectivity index (χ2v) is 5.92. The molecule has 104 valence electrons. The van der Waals surface area contributed by atoms with Gasteiger partial charge in [-0.3, -0.25) is 9.52 Å². The molecule has 0 amide bonds. The van der Waals surface area contributed by atoms with E-state index in [1.807, 2.05) is 0 Å². The van der Waals surface area contributed by atoms with Crippen LogP contribution in [0.1, 0.15) is 12.8 Å². The van der Waals surface area contributed by atoms with Crippen molar-refractivity contribution in [3.8, 4) is 0 Å². The molecule has 9 heteroatoms. The third-order valence-corrected chi connectivity index (χ3v) is 4.49. The van der Waals surface area contributed by atoms with E-state index in [0.717, 1.165) is 0 Å². The van der Waals surface area contributed by atoms with Crippen LogP contribution >= 0.6 is 0 Å². The van der Waals surface area contributed by atoms with E-state index in [-0.39, 0.29) is 18.8 Å². The fourth-order valence-corrected chi connectivity index (χ4v) is 3.13. The van der Waals surface area contributed by atoms with Gasteiger partial charge in [-0.1, -0.05) is 0 Å². The Balaban J connectivity index is 2.00. The van der Waals surface area contributed by atoms with Gasteiger partial charge in [0.2, 0.25) is 0 Å². The van der Waals surface area contributed by atoms with Gasteiger partial charge in [-0.15, -0.1) is 0 Å². The van der Waals surface area contributed by atoms with E-state index in [2.05, 4.69) is 14.7 Å². The maximum absolute atomic E-state index is 12.0. The van der Waals surface area contributed by atoms with Gasteiger partial charge in [0, 0.05) is 13.1 Å². The van der Waals surface area contributed by atoms with Crippen LogP contribution in [0.3, 0.4) is 0 Å². The number of anilines is 1. The minimum Gasteiger partial charge on any atom is -0.481 e. The number of aliphatic carboxylic acids is 1. The zero-order valence-corrected chi connectivity index (χ0v) is 10.9. The summed E-state index contributed by atoms with van der Waals surface area (Å²) in [4.78, 5) is 18.2. The van der Waals surface area contributed by atoms with Gasteiger partial charge >= 0.3 is 16.2 Å². The van der Waals surface area contributed by atoms with Gasteiger partial charge < -0.3 is 5.11 Å². The minimum atomic E-state index is -3.68. The first-order chi connectivity index (χ1) is 8.99. The van der Waals surface area contributed by atoms with Crippen LogP contribution in [-0.4, -0.2) is 46.9 Å². The summed E-state index contributed by atoms with van der Waals surface area (Å²) in [7, 11) is -3.68. The Hall–Kier alpha value is -1.74. The molecule has 0 aromatic carbocycles. The molecule has 2 heterocycles. The fraction of sp³-hybridized carbons (Fsp3) is 0.500. The molecule has 2 N–H and O–H groups in total. The summed E-state index contributed by atoms with van der Waals surface area (Å²) < 4.78 is 27.7. The predicted molar refractivity (Wildman–Crippen MR) is 66.5 cm³/mol. The molecule has 0 unspecified atom stereocenters. The minimum absolute atomic E-state index is 0.194. The lowest BCUT2D eigenvalue weighted by molar-refractivity contribution is -0.142. The zero-order valence-electron chi connectivity index (χ0n) is 10.1. The van der Waals surface area contributed by atoms with E-state index < -0.39 is 22.1 Å². The third-order valence-electron chi connectivity index (χ3n) is 2.95. The van der Waals surface area contributed by atoms with Crippen LogP contribution in [0.2, 0.25) is 0 Å². The molecule has 19 heavy (non-hydrogen) atoms. The molecule has 1 saturated heterocycles. The van der Waals surface area contributed by atoms with Crippen molar-refractivity contribution in [2.45, 2.75) is 12.8 Å². The monoisotopic (exact) mass is 286 g/mol. The topological polar surface area (TPSA) is 112 Å². The highest BCUT2D eigenvalue weighted by Crippen LogP contribution is 2.20. The summed E-state index contributed by atoms with van der Waals surface area (Å²) in [5, 5.41) is 8.86. The predicted octanol–water partition coefficient (Wildman–Crippen LogP) is -0.0701. The summed E-state index contributed by atoms with van der Waals surface area (Å²) in [6.07, 6.45) is 4.66. The van der Waals surface area contributed by atoms with E-state index in [1.165, 1.54) is 23.0 Å². The van der Waals surface area contributed by atoms with Crippen molar-refractivity contribution in [3.05, 3.63) is 18.7 Å². The van der Waals surface area contributed by atoms with Crippen LogP contribution in [-0.2, 0) is 15.0 Å². The molecule has 0 atom stereocenters. The van der Waals surface area contributed by atoms with E-state index >= 15 is 0 Å². The summed E-state index contributed by atoms with van der Waals surface area (Å²) in [5.41, 5.74) is 0.280. The van der Waals surface area contributed by atoms with Crippen molar-refractivity contribution in [2.75, 3.05) is 17.8 Å². The summed E-state index contributed by atoms with van der Waals surface area (Å²) >= 11 is 0. The van der Waals surface area contributed by atoms with Crippen molar-refractivity contribution in [1.29, 1.82) is 0 Å². The number of hydrogen-bond donors (Lipinski definition) is 2. The SMILES string of the molecule is O=C(O)C1CCN(S(=O)(=O)Nc2cncnc2)CC1. The molecule has 1 aromatic rings. The number of nitrogens with zero attached hydrogens (tertiary/aromatic N) is 3. The molecule has 0 spiro atoms. The van der Waals surface area contributed by atoms with Crippen molar-refractivity contribution >= 4 is 21.9 Å². The van der Waals surface area contributed by atoms with Crippen molar-refractivity contribution in [3.63, 3.8) is 0 Å². The van der Waals surface area contributed by atoms with Crippen molar-refractivity contribution in [2.24, 2.45) is 5.92 Å². The van der Waals surface area contributed by atoms with E-state index in [4.69, 9.17) is 5.11 Å². The quantitative estimate of drug-likeness (QED) is 0.801. The summed E-state index contributed by atoms with van der Waals surface area (Å²) in [6.45, 7) is 0.389. The standard InChI is InChI=1S/C10H14N4O4S/c15-10(16)8-1-3-14(4-2-8)19(17,18)13-9-5-11-7-12-6-9/h5-8,13H,1-4H2,(H,15,16). The van der Waals surface area contributed by atoms with Gasteiger partial charge in [0.25, 0.3) is 0 Å². The first-order valence-electron chi connectivity index (χ1n) is 5.75. The molecule has 1 aliphatic rings. The maximum Gasteiger partial charge on any atom is 0.306 e. The number of nitrogens with one attached hydrogen (secondary N) is 1. The molecule has 1 fully saturated rings. The largest absolute Gasteiger partial charge is 0.481 e. The molecular weight excluding hydrogens is 272 g/mol. The van der Waals surface area contributed by atoms with Crippen LogP contribution in [0.25, 0.3) is 0 Å². The second kappa shape index (κ2) is 5.49. The first kappa shape index (κ1) is 13.7. The number of carbonyl (C=O) groups is 1. The van der Waals surface area contributed by atoms with Crippen molar-refractivity contribution < 1.29 is 18.3 Å². The number of rotatable bonds is 4. The smallest absolute Gasteiger partial charge is 0.306 e. The molecule has 1 aliphatic heterocycles. The Labute approximate surface area is 110 Å². The Morgan fingerprint density at radius 3 is 2.42 bits per heavy atom. The average Bonchev–Trinajstić information content (AvgIpc) is 2.39. The summed E-state index contributed by atoms with van der Waals surface area (Å²) in [5.74, 6) is -1.34. The van der Waals surface area contributed by atoms with Gasteiger partial charge in [-0.2, -0.15) is 12.7 Å². The van der Waals surface area contributed by atoms with Gasteiger partial charge in [0.05, 0.1) is 24.0 Å². The normalized spacial score (nSPS) is 18.1. The second-order valence-electron chi connectivity index (χ2n) is 4.25. The Morgan fingerprint density at radius 1 is 1.32 bits per heavy atom. The van der Waals surface area contributed by atoms with Crippen molar-refractivity contribution in [1.82, 2.24) is 14.3 Å². The lowest BCUT2D eigenvalue weighted by atomic mass is 9.99. The van der Waals surface area contributed by atoms with Crippen LogP contribution in [0.4, 0.5) is 5.69 Å². The lowest BCUT2D eigenvalue weighted by Gasteiger charge is -2.29. The van der Waals surface area contributed by atoms with Crippen LogP contribution < -0.4 is 4.72 Å². The fourth-order valence-electron chi connectivity index (χ4n) is 1.91. The van der Waals surface area contributed by atoms with Crippen LogP contribution in [0, 0.1) is 5.92 Å². The molecule has 0 radical (unpaired) electrons. The highest BCUT2D eigenvalue weighted by Gasteiger charge is 2.30. The molecule has 0 saturated carbocycles. The Bertz CT molecular complexity index is 540. The number of aromatic nitrogens is 2. The molecular formula is C10H14N4O4S. The number of hydrogen-bond acceptors (Lipinski definition) is 5. The number of carboxylic acid groups (broad SMARTS) is 1. The average molecular weight is 286 g/mol. The number of piperidine rings is 1. The van der Waals surface area contributed by atoms with Gasteiger partial charge in [-0.25, -0.2) is 9.97 Å². The Kier molecular flexibility index (Phi) is 3.96. The van der Waals surface area contributed by atoms with E-state index in [9.17, 15) is 13.2 Å². The molecule has 8 nitrogen and oxygen atoms in total. The number of carboxylic acids is 1. The Morgan fingerprint density at radius 2 is 1.89 bits per heavy atom.